The van der Waals surface area contributed by atoms with Crippen LogP contribution in [0.4, 0.5) is 0 Å². The van der Waals surface area contributed by atoms with Crippen LogP contribution in [-0.2, 0) is 21.9 Å². The zero-order valence-electron chi connectivity index (χ0n) is 11.0. The molecule has 0 aliphatic heterocycles. The Kier molecular flexibility index (Phi) is 10.1. The Labute approximate surface area is 123 Å². The van der Waals surface area contributed by atoms with Crippen LogP contribution in [-0.4, -0.2) is 31.3 Å². The maximum absolute atomic E-state index is 10.6. The maximum atomic E-state index is 10.6. The number of carbonyl (C=O) groups excluding carboxylic acids is 1. The average molecular weight is 285 g/mol. The molecule has 0 heterocycles. The van der Waals surface area contributed by atoms with Crippen molar-refractivity contribution in [1.82, 2.24) is 4.90 Å². The van der Waals surface area contributed by atoms with Crippen LogP contribution in [0.5, 0.6) is 0 Å². The van der Waals surface area contributed by atoms with Crippen LogP contribution in [0.2, 0.25) is 0 Å². The van der Waals surface area contributed by atoms with Gasteiger partial charge in [-0.05, 0) is 72.4 Å². The van der Waals surface area contributed by atoms with Crippen molar-refractivity contribution in [2.75, 3.05) is 14.1 Å². The van der Waals surface area contributed by atoms with Crippen molar-refractivity contribution < 1.29 is 21.9 Å². The van der Waals surface area contributed by atoms with Crippen LogP contribution in [0, 0.1) is 63.2 Å². The molecule has 0 aromatic carbocycles. The minimum atomic E-state index is 0. The van der Waals surface area contributed by atoms with Crippen molar-refractivity contribution in [3.8, 4) is 0 Å². The molecule has 0 aromatic rings. The molecular weight excluding hydrogens is 266 g/mol. The van der Waals surface area contributed by atoms with Crippen molar-refractivity contribution in [2.24, 2.45) is 0 Å². The predicted octanol–water partition coefficient (Wildman–Crippen LogP) is 1.93. The molecule has 0 aromatic heterocycles. The van der Waals surface area contributed by atoms with Crippen molar-refractivity contribution in [3.63, 3.8) is 0 Å². The van der Waals surface area contributed by atoms with E-state index in [1.54, 1.807) is 0 Å². The number of aldehydes is 1. The van der Waals surface area contributed by atoms with E-state index in [0.717, 1.165) is 18.1 Å². The summed E-state index contributed by atoms with van der Waals surface area (Å²) in [5.74, 6) is 1.91. The van der Waals surface area contributed by atoms with E-state index in [1.165, 1.54) is 0 Å². The van der Waals surface area contributed by atoms with Gasteiger partial charge < -0.3 is 9.69 Å². The van der Waals surface area contributed by atoms with Gasteiger partial charge in [-0.2, -0.15) is 0 Å². The molecule has 3 heteroatoms. The summed E-state index contributed by atoms with van der Waals surface area (Å²) in [6, 6.07) is 0.306. The van der Waals surface area contributed by atoms with E-state index in [2.05, 4.69) is 11.8 Å². The molecule has 0 unspecified atom stereocenters. The molecule has 0 amide bonds. The van der Waals surface area contributed by atoms with Gasteiger partial charge in [0.1, 0.15) is 6.29 Å². The summed E-state index contributed by atoms with van der Waals surface area (Å²) in [6.45, 7) is 2.09. The molecule has 1 atom stereocenters. The summed E-state index contributed by atoms with van der Waals surface area (Å²) >= 11 is 0. The van der Waals surface area contributed by atoms with Crippen LogP contribution in [0.3, 0.4) is 0 Å². The van der Waals surface area contributed by atoms with Gasteiger partial charge in [-0.15, -0.1) is 0 Å². The molecule has 2 aliphatic rings. The van der Waals surface area contributed by atoms with Gasteiger partial charge in [0.05, 0.1) is 5.92 Å². The van der Waals surface area contributed by atoms with Crippen molar-refractivity contribution >= 4 is 6.29 Å². The second-order valence-corrected chi connectivity index (χ2v) is 4.16. The first-order valence-corrected chi connectivity index (χ1v) is 5.70. The summed E-state index contributed by atoms with van der Waals surface area (Å²) in [6.07, 6.45) is 16.7. The molecule has 2 fully saturated rings. The second-order valence-electron chi connectivity index (χ2n) is 4.16. The third kappa shape index (κ3) is 5.86. The number of nitrogens with zero attached hydrogens (tertiary/aromatic N) is 1. The topological polar surface area (TPSA) is 20.3 Å². The van der Waals surface area contributed by atoms with Gasteiger partial charge in [-0.3, -0.25) is 0 Å². The van der Waals surface area contributed by atoms with E-state index < -0.39 is 0 Å². The van der Waals surface area contributed by atoms with Crippen molar-refractivity contribution in [3.05, 3.63) is 63.2 Å². The maximum Gasteiger partial charge on any atom is 0.128 e. The fraction of sp³-hybridized carbons (Fsp3) is 0.267. The first-order valence-electron chi connectivity index (χ1n) is 5.70. The van der Waals surface area contributed by atoms with E-state index in [9.17, 15) is 4.79 Å². The fourth-order valence-electron chi connectivity index (χ4n) is 1.53. The number of hydrogen-bond donors (Lipinski definition) is 0. The quantitative estimate of drug-likeness (QED) is 0.583. The molecule has 2 nitrogen and oxygen atoms in total. The molecule has 2 saturated carbocycles. The minimum absolute atomic E-state index is 0. The molecule has 18 heavy (non-hydrogen) atoms. The molecule has 10 radical (unpaired) electrons. The SMILES string of the molecule is C[C@@H]([C]1[CH][CH][CH][C]1C=O)N(C)C.[CH]1[CH][CH][CH][CH]1.[Fe]. The van der Waals surface area contributed by atoms with E-state index in [1.807, 2.05) is 65.5 Å². The van der Waals surface area contributed by atoms with Crippen LogP contribution < -0.4 is 0 Å². The van der Waals surface area contributed by atoms with Gasteiger partial charge in [0.15, 0.2) is 0 Å². The Morgan fingerprint density at radius 3 is 1.89 bits per heavy atom. The molecule has 0 N–H and O–H groups in total. The van der Waals surface area contributed by atoms with E-state index in [0.29, 0.717) is 6.04 Å². The van der Waals surface area contributed by atoms with Crippen LogP contribution >= 0.6 is 0 Å². The van der Waals surface area contributed by atoms with Gasteiger partial charge in [0.25, 0.3) is 0 Å². The molecule has 0 spiro atoms. The summed E-state index contributed by atoms with van der Waals surface area (Å²) in [7, 11) is 4.01. The zero-order valence-corrected chi connectivity index (χ0v) is 12.1. The Hall–Kier alpha value is 0.149. The summed E-state index contributed by atoms with van der Waals surface area (Å²) in [5.41, 5.74) is 0. The number of carbonyl (C=O) groups is 1. The predicted molar refractivity (Wildman–Crippen MR) is 70.1 cm³/mol. The summed E-state index contributed by atoms with van der Waals surface area (Å²) in [4.78, 5) is 12.7. The monoisotopic (exact) mass is 285 g/mol. The van der Waals surface area contributed by atoms with Gasteiger partial charge in [0, 0.05) is 29.0 Å². The summed E-state index contributed by atoms with van der Waals surface area (Å²) in [5, 5.41) is 0. The van der Waals surface area contributed by atoms with Gasteiger partial charge >= 0.3 is 0 Å². The fourth-order valence-corrected chi connectivity index (χ4v) is 1.53. The number of hydrogen-bond acceptors (Lipinski definition) is 2. The normalized spacial score (nSPS) is 22.2. The molecular formula is C15H19FeNO. The van der Waals surface area contributed by atoms with Crippen LogP contribution in [0.1, 0.15) is 6.92 Å². The molecule has 2 rings (SSSR count). The van der Waals surface area contributed by atoms with Crippen molar-refractivity contribution in [1.29, 1.82) is 0 Å². The average Bonchev–Trinajstić information content (AvgIpc) is 3.01. The standard InChI is InChI=1S/C10H14NO.C5H5.Fe/c1-8(11(2)3)10-6-4-5-9(10)7-12;1-2-4-5-3-1;/h4-8H,1-3H3;1-5H;/t8-;;/m0../s1. The minimum Gasteiger partial charge on any atom is -0.306 e. The Balaban J connectivity index is 0.000000405. The van der Waals surface area contributed by atoms with Gasteiger partial charge in [-0.1, -0.05) is 0 Å². The second kappa shape index (κ2) is 10.00. The Morgan fingerprint density at radius 1 is 1.00 bits per heavy atom. The van der Waals surface area contributed by atoms with Crippen LogP contribution in [0.15, 0.2) is 0 Å². The van der Waals surface area contributed by atoms with E-state index >= 15 is 0 Å². The van der Waals surface area contributed by atoms with E-state index in [-0.39, 0.29) is 17.1 Å². The number of rotatable bonds is 3. The molecule has 98 valence electrons. The Morgan fingerprint density at radius 2 is 1.50 bits per heavy atom. The zero-order chi connectivity index (χ0) is 12.7. The van der Waals surface area contributed by atoms with Gasteiger partial charge in [-0.25, -0.2) is 0 Å². The third-order valence-electron chi connectivity index (χ3n) is 2.79. The third-order valence-corrected chi connectivity index (χ3v) is 2.79. The largest absolute Gasteiger partial charge is 0.306 e. The molecule has 2 aliphatic carbocycles. The van der Waals surface area contributed by atoms with Gasteiger partial charge in [0.2, 0.25) is 0 Å². The summed E-state index contributed by atoms with van der Waals surface area (Å²) < 4.78 is 0. The molecule has 0 bridgehead atoms. The van der Waals surface area contributed by atoms with E-state index in [4.69, 9.17) is 0 Å². The Bertz CT molecular complexity index is 209. The first-order chi connectivity index (χ1) is 8.16. The molecule has 0 saturated heterocycles. The van der Waals surface area contributed by atoms with Crippen LogP contribution in [0.25, 0.3) is 0 Å². The van der Waals surface area contributed by atoms with Crippen molar-refractivity contribution in [2.45, 2.75) is 13.0 Å². The first kappa shape index (κ1) is 18.1. The smallest absolute Gasteiger partial charge is 0.128 e.